The van der Waals surface area contributed by atoms with Crippen LogP contribution in [0.15, 0.2) is 84.9 Å². The minimum absolute atomic E-state index is 0.0530. The Morgan fingerprint density at radius 2 is 1.40 bits per heavy atom. The maximum Gasteiger partial charge on any atom is 0.587 e. The van der Waals surface area contributed by atoms with Crippen LogP contribution in [0.4, 0.5) is 0 Å². The molecule has 3 aromatic carbocycles. The number of aryl methyl sites for hydroxylation is 1. The Morgan fingerprint density at radius 1 is 0.833 bits per heavy atom. The van der Waals surface area contributed by atoms with Crippen molar-refractivity contribution in [3.05, 3.63) is 96.1 Å². The van der Waals surface area contributed by atoms with Gasteiger partial charge in [0, 0.05) is 7.11 Å². The van der Waals surface area contributed by atoms with Crippen LogP contribution in [0.2, 0.25) is 0 Å². The Kier molecular flexibility index (Phi) is 6.24. The third-order valence-electron chi connectivity index (χ3n) is 5.30. The summed E-state index contributed by atoms with van der Waals surface area (Å²) in [6, 6.07) is 25.9. The van der Waals surface area contributed by atoms with Gasteiger partial charge in [-0.25, -0.2) is 4.57 Å². The van der Waals surface area contributed by atoms with Gasteiger partial charge in [-0.1, -0.05) is 60.7 Å². The van der Waals surface area contributed by atoms with E-state index in [9.17, 15) is 4.57 Å². The zero-order valence-corrected chi connectivity index (χ0v) is 17.8. The summed E-state index contributed by atoms with van der Waals surface area (Å²) in [6.45, 7) is 0.0530. The minimum atomic E-state index is -3.98. The molecule has 1 aliphatic carbocycles. The van der Waals surface area contributed by atoms with Crippen molar-refractivity contribution in [3.8, 4) is 11.5 Å². The van der Waals surface area contributed by atoms with Crippen LogP contribution in [0.3, 0.4) is 0 Å². The number of phosphoric ester groups is 1. The van der Waals surface area contributed by atoms with E-state index < -0.39 is 13.4 Å². The van der Waals surface area contributed by atoms with Crippen LogP contribution in [-0.4, -0.2) is 13.7 Å². The number of para-hydroxylation sites is 2. The lowest BCUT2D eigenvalue weighted by Gasteiger charge is -2.38. The topological polar surface area (TPSA) is 54.0 Å². The fraction of sp³-hybridized carbons (Fsp3) is 0.250. The molecule has 0 bridgehead atoms. The molecular weight excluding hydrogens is 399 g/mol. The van der Waals surface area contributed by atoms with Crippen molar-refractivity contribution in [2.24, 2.45) is 0 Å². The first-order valence-corrected chi connectivity index (χ1v) is 11.5. The summed E-state index contributed by atoms with van der Waals surface area (Å²) < 4.78 is 37.0. The summed E-state index contributed by atoms with van der Waals surface area (Å²) in [5.41, 5.74) is 1.58. The van der Waals surface area contributed by atoms with Gasteiger partial charge in [-0.2, -0.15) is 0 Å². The van der Waals surface area contributed by atoms with Crippen molar-refractivity contribution in [2.75, 3.05) is 13.7 Å². The molecule has 156 valence electrons. The average molecular weight is 424 g/mol. The van der Waals surface area contributed by atoms with Crippen LogP contribution >= 0.6 is 7.82 Å². The molecule has 1 atom stereocenters. The van der Waals surface area contributed by atoms with Crippen LogP contribution in [0.25, 0.3) is 0 Å². The Morgan fingerprint density at radius 3 is 2.00 bits per heavy atom. The SMILES string of the molecule is COC1(COP(=O)(Oc2ccccc2)Oc2ccccc2)CCCc2ccccc21. The number of fused-ring (bicyclic) bond motifs is 1. The van der Waals surface area contributed by atoms with Crippen molar-refractivity contribution in [1.82, 2.24) is 0 Å². The largest absolute Gasteiger partial charge is 0.587 e. The fourth-order valence-corrected chi connectivity index (χ4v) is 5.05. The third kappa shape index (κ3) is 4.59. The lowest BCUT2D eigenvalue weighted by molar-refractivity contribution is -0.0661. The van der Waals surface area contributed by atoms with Gasteiger partial charge < -0.3 is 13.8 Å². The number of benzene rings is 3. The molecule has 1 aliphatic rings. The first kappa shape index (κ1) is 20.7. The maximum atomic E-state index is 13.6. The molecule has 0 heterocycles. The Bertz CT molecular complexity index is 963. The van der Waals surface area contributed by atoms with E-state index in [2.05, 4.69) is 6.07 Å². The second-order valence-corrected chi connectivity index (χ2v) is 8.76. The molecule has 0 amide bonds. The van der Waals surface area contributed by atoms with Crippen LogP contribution in [-0.2, 0) is 25.8 Å². The number of methoxy groups -OCH3 is 1. The van der Waals surface area contributed by atoms with E-state index in [-0.39, 0.29) is 6.61 Å². The van der Waals surface area contributed by atoms with E-state index in [0.717, 1.165) is 24.8 Å². The summed E-state index contributed by atoms with van der Waals surface area (Å²) in [5.74, 6) is 0.819. The molecule has 0 aromatic heterocycles. The van der Waals surface area contributed by atoms with Crippen LogP contribution < -0.4 is 9.05 Å². The highest BCUT2D eigenvalue weighted by molar-refractivity contribution is 7.49. The highest BCUT2D eigenvalue weighted by atomic mass is 31.2. The van der Waals surface area contributed by atoms with E-state index in [4.69, 9.17) is 18.3 Å². The normalized spacial score (nSPS) is 18.4. The van der Waals surface area contributed by atoms with Crippen LogP contribution in [0.5, 0.6) is 11.5 Å². The first-order chi connectivity index (χ1) is 14.6. The second kappa shape index (κ2) is 9.05. The Balaban J connectivity index is 1.61. The quantitative estimate of drug-likeness (QED) is 0.406. The van der Waals surface area contributed by atoms with Crippen molar-refractivity contribution in [1.29, 1.82) is 0 Å². The average Bonchev–Trinajstić information content (AvgIpc) is 2.79. The number of rotatable bonds is 8. The van der Waals surface area contributed by atoms with Gasteiger partial charge in [-0.05, 0) is 54.7 Å². The zero-order valence-electron chi connectivity index (χ0n) is 16.9. The monoisotopic (exact) mass is 424 g/mol. The molecule has 3 aromatic rings. The molecule has 0 fully saturated rings. The van der Waals surface area contributed by atoms with Gasteiger partial charge in [0.1, 0.15) is 17.1 Å². The summed E-state index contributed by atoms with van der Waals surface area (Å²) in [4.78, 5) is 0. The van der Waals surface area contributed by atoms with E-state index in [1.165, 1.54) is 5.56 Å². The standard InChI is InChI=1S/C24H25O5P/c1-26-24(18-10-12-20-11-8-9-17-23(20)24)19-27-30(25,28-21-13-4-2-5-14-21)29-22-15-6-3-7-16-22/h2-9,11,13-17H,10,12,18-19H2,1H3. The fourth-order valence-electron chi connectivity index (χ4n) is 3.78. The van der Waals surface area contributed by atoms with Gasteiger partial charge in [0.2, 0.25) is 0 Å². The summed E-state index contributed by atoms with van der Waals surface area (Å²) in [6.07, 6.45) is 2.70. The van der Waals surface area contributed by atoms with Gasteiger partial charge in [0.15, 0.2) is 0 Å². The van der Waals surface area contributed by atoms with Gasteiger partial charge >= 0.3 is 7.82 Å². The maximum absolute atomic E-state index is 13.6. The smallest absolute Gasteiger partial charge is 0.395 e. The second-order valence-electron chi connectivity index (χ2n) is 7.24. The molecule has 5 nitrogen and oxygen atoms in total. The molecule has 30 heavy (non-hydrogen) atoms. The van der Waals surface area contributed by atoms with Gasteiger partial charge in [0.25, 0.3) is 0 Å². The predicted molar refractivity (Wildman–Crippen MR) is 116 cm³/mol. The molecule has 4 rings (SSSR count). The summed E-state index contributed by atoms with van der Waals surface area (Å²) >= 11 is 0. The van der Waals surface area contributed by atoms with Gasteiger partial charge in [-0.3, -0.25) is 4.52 Å². The number of ether oxygens (including phenoxy) is 1. The van der Waals surface area contributed by atoms with Crippen molar-refractivity contribution >= 4 is 7.82 Å². The molecule has 0 aliphatic heterocycles. The zero-order chi connectivity index (χ0) is 20.9. The van der Waals surface area contributed by atoms with Crippen molar-refractivity contribution in [2.45, 2.75) is 24.9 Å². The Hall–Kier alpha value is -2.59. The molecule has 6 heteroatoms. The highest BCUT2D eigenvalue weighted by Crippen LogP contribution is 2.52. The lowest BCUT2D eigenvalue weighted by atomic mass is 9.79. The van der Waals surface area contributed by atoms with E-state index in [1.807, 2.05) is 30.3 Å². The molecule has 0 N–H and O–H groups in total. The molecule has 0 spiro atoms. The van der Waals surface area contributed by atoms with Crippen LogP contribution in [0.1, 0.15) is 24.0 Å². The summed E-state index contributed by atoms with van der Waals surface area (Å²) in [7, 11) is -2.32. The number of hydrogen-bond acceptors (Lipinski definition) is 5. The predicted octanol–water partition coefficient (Wildman–Crippen LogP) is 6.15. The van der Waals surface area contributed by atoms with Crippen molar-refractivity contribution < 1.29 is 22.9 Å². The highest BCUT2D eigenvalue weighted by Gasteiger charge is 2.41. The first-order valence-electron chi connectivity index (χ1n) is 10.00. The molecule has 0 radical (unpaired) electrons. The number of hydrogen-bond donors (Lipinski definition) is 0. The van der Waals surface area contributed by atoms with Crippen LogP contribution in [0, 0.1) is 0 Å². The van der Waals surface area contributed by atoms with Gasteiger partial charge in [0.05, 0.1) is 6.61 Å². The third-order valence-corrected chi connectivity index (χ3v) is 6.62. The summed E-state index contributed by atoms with van der Waals surface area (Å²) in [5, 5.41) is 0. The van der Waals surface area contributed by atoms with Crippen molar-refractivity contribution in [3.63, 3.8) is 0 Å². The van der Waals surface area contributed by atoms with E-state index in [0.29, 0.717) is 11.5 Å². The number of phosphoric acid groups is 1. The Labute approximate surface area is 177 Å². The van der Waals surface area contributed by atoms with Gasteiger partial charge in [-0.15, -0.1) is 0 Å². The molecule has 0 saturated heterocycles. The van der Waals surface area contributed by atoms with E-state index >= 15 is 0 Å². The van der Waals surface area contributed by atoms with E-state index in [1.54, 1.807) is 55.6 Å². The minimum Gasteiger partial charge on any atom is -0.395 e. The molecule has 0 saturated carbocycles. The molecule has 1 unspecified atom stereocenters. The lowest BCUT2D eigenvalue weighted by Crippen LogP contribution is -2.37. The molecular formula is C24H25O5P.